The summed E-state index contributed by atoms with van der Waals surface area (Å²) in [5.74, 6) is -0.140. The van der Waals surface area contributed by atoms with Gasteiger partial charge in [0.15, 0.2) is 0 Å². The van der Waals surface area contributed by atoms with E-state index in [1.54, 1.807) is 18.2 Å². The number of hydrogen-bond donors (Lipinski definition) is 1. The average molecular weight is 372 g/mol. The second-order valence-electron chi connectivity index (χ2n) is 5.71. The van der Waals surface area contributed by atoms with Crippen LogP contribution in [-0.2, 0) is 15.8 Å². The highest BCUT2D eigenvalue weighted by Crippen LogP contribution is 2.24. The third kappa shape index (κ3) is 4.95. The molecule has 2 rings (SSSR count). The molecular weight excluding hydrogens is 353 g/mol. The van der Waals surface area contributed by atoms with Crippen LogP contribution in [-0.4, -0.2) is 8.42 Å². The van der Waals surface area contributed by atoms with Crippen LogP contribution in [0.2, 0.25) is 10.0 Å². The predicted molar refractivity (Wildman–Crippen MR) is 96.6 cm³/mol. The molecule has 124 valence electrons. The zero-order valence-electron chi connectivity index (χ0n) is 13.2. The van der Waals surface area contributed by atoms with Gasteiger partial charge in [-0.3, -0.25) is 0 Å². The molecule has 0 radical (unpaired) electrons. The van der Waals surface area contributed by atoms with Crippen LogP contribution in [0.5, 0.6) is 0 Å². The number of hydrogen-bond acceptors (Lipinski definition) is 2. The number of benzene rings is 2. The molecule has 0 aliphatic carbocycles. The van der Waals surface area contributed by atoms with Crippen LogP contribution in [0.15, 0.2) is 36.4 Å². The van der Waals surface area contributed by atoms with Crippen LogP contribution in [0, 0.1) is 13.8 Å². The normalized spacial score (nSPS) is 13.1. The summed E-state index contributed by atoms with van der Waals surface area (Å²) in [6.45, 7) is 5.83. The first kappa shape index (κ1) is 18.3. The Morgan fingerprint density at radius 1 is 1.04 bits per heavy atom. The van der Waals surface area contributed by atoms with Crippen LogP contribution in [0.4, 0.5) is 0 Å². The summed E-state index contributed by atoms with van der Waals surface area (Å²) >= 11 is 11.8. The lowest BCUT2D eigenvalue weighted by atomic mass is 10.0. The van der Waals surface area contributed by atoms with E-state index in [4.69, 9.17) is 23.2 Å². The number of sulfonamides is 1. The van der Waals surface area contributed by atoms with E-state index in [-0.39, 0.29) is 11.8 Å². The molecule has 1 N–H and O–H groups in total. The molecule has 0 saturated heterocycles. The molecule has 0 aliphatic rings. The third-order valence-corrected chi connectivity index (χ3v) is 5.75. The number of nitrogens with one attached hydrogen (secondary N) is 1. The van der Waals surface area contributed by atoms with Crippen LogP contribution in [0.25, 0.3) is 0 Å². The second kappa shape index (κ2) is 7.22. The highest BCUT2D eigenvalue weighted by molar-refractivity contribution is 7.88. The molecule has 0 spiro atoms. The van der Waals surface area contributed by atoms with Gasteiger partial charge in [0, 0.05) is 6.04 Å². The summed E-state index contributed by atoms with van der Waals surface area (Å²) in [6, 6.07) is 10.5. The Labute approximate surface area is 147 Å². The van der Waals surface area contributed by atoms with Crippen molar-refractivity contribution in [3.05, 3.63) is 68.7 Å². The molecule has 0 aliphatic heterocycles. The fourth-order valence-electron chi connectivity index (χ4n) is 2.53. The molecule has 6 heteroatoms. The maximum absolute atomic E-state index is 12.4. The van der Waals surface area contributed by atoms with Crippen LogP contribution < -0.4 is 4.72 Å². The van der Waals surface area contributed by atoms with Crippen LogP contribution >= 0.6 is 23.2 Å². The van der Waals surface area contributed by atoms with E-state index >= 15 is 0 Å². The SMILES string of the molecule is Cc1ccc(C(C)NS(=O)(=O)Cc2ccc(Cl)c(Cl)c2)c(C)c1. The van der Waals surface area contributed by atoms with Gasteiger partial charge in [0.25, 0.3) is 0 Å². The first-order chi connectivity index (χ1) is 10.7. The summed E-state index contributed by atoms with van der Waals surface area (Å²) in [5, 5.41) is 0.756. The molecule has 1 unspecified atom stereocenters. The van der Waals surface area contributed by atoms with Gasteiger partial charge in [-0.1, -0.05) is 53.0 Å². The van der Waals surface area contributed by atoms with Gasteiger partial charge in [0.05, 0.1) is 15.8 Å². The molecule has 1 atom stereocenters. The molecule has 0 bridgehead atoms. The molecule has 2 aromatic carbocycles. The van der Waals surface area contributed by atoms with Gasteiger partial charge in [-0.15, -0.1) is 0 Å². The van der Waals surface area contributed by atoms with Crippen molar-refractivity contribution in [2.45, 2.75) is 32.6 Å². The molecule has 23 heavy (non-hydrogen) atoms. The highest BCUT2D eigenvalue weighted by atomic mass is 35.5. The Morgan fingerprint density at radius 2 is 1.74 bits per heavy atom. The minimum absolute atomic E-state index is 0.140. The molecule has 0 saturated carbocycles. The Hall–Kier alpha value is -1.07. The predicted octanol–water partition coefficient (Wildman–Crippen LogP) is 4.79. The number of halogens is 2. The van der Waals surface area contributed by atoms with Gasteiger partial charge in [0.2, 0.25) is 10.0 Å². The van der Waals surface area contributed by atoms with Gasteiger partial charge in [0.1, 0.15) is 0 Å². The second-order valence-corrected chi connectivity index (χ2v) is 8.28. The maximum atomic E-state index is 12.4. The zero-order valence-corrected chi connectivity index (χ0v) is 15.6. The Morgan fingerprint density at radius 3 is 2.35 bits per heavy atom. The minimum atomic E-state index is -3.49. The molecule has 0 fully saturated rings. The lowest BCUT2D eigenvalue weighted by Crippen LogP contribution is -2.28. The smallest absolute Gasteiger partial charge is 0.212 e. The number of aryl methyl sites for hydroxylation is 2. The van der Waals surface area contributed by atoms with E-state index in [0.717, 1.165) is 16.7 Å². The molecule has 2 aromatic rings. The van der Waals surface area contributed by atoms with E-state index in [1.165, 1.54) is 0 Å². The van der Waals surface area contributed by atoms with Gasteiger partial charge in [-0.05, 0) is 49.6 Å². The van der Waals surface area contributed by atoms with E-state index in [1.807, 2.05) is 39.0 Å². The molecule has 0 amide bonds. The fraction of sp³-hybridized carbons (Fsp3) is 0.294. The van der Waals surface area contributed by atoms with E-state index in [2.05, 4.69) is 4.72 Å². The van der Waals surface area contributed by atoms with Crippen molar-refractivity contribution in [1.82, 2.24) is 4.72 Å². The van der Waals surface area contributed by atoms with Crippen molar-refractivity contribution in [1.29, 1.82) is 0 Å². The van der Waals surface area contributed by atoms with E-state index < -0.39 is 10.0 Å². The summed E-state index contributed by atoms with van der Waals surface area (Å²) in [5.41, 5.74) is 3.78. The lowest BCUT2D eigenvalue weighted by molar-refractivity contribution is 0.565. The van der Waals surface area contributed by atoms with E-state index in [0.29, 0.717) is 15.6 Å². The topological polar surface area (TPSA) is 46.2 Å². The lowest BCUT2D eigenvalue weighted by Gasteiger charge is -2.17. The zero-order chi connectivity index (χ0) is 17.2. The van der Waals surface area contributed by atoms with Gasteiger partial charge >= 0.3 is 0 Å². The minimum Gasteiger partial charge on any atom is -0.212 e. The Balaban J connectivity index is 2.15. The van der Waals surface area contributed by atoms with Crippen molar-refractivity contribution < 1.29 is 8.42 Å². The largest absolute Gasteiger partial charge is 0.216 e. The highest BCUT2D eigenvalue weighted by Gasteiger charge is 2.18. The Bertz CT molecular complexity index is 819. The molecule has 0 aromatic heterocycles. The fourth-order valence-corrected chi connectivity index (χ4v) is 4.22. The molecular formula is C17H19Cl2NO2S. The van der Waals surface area contributed by atoms with Crippen molar-refractivity contribution >= 4 is 33.2 Å². The van der Waals surface area contributed by atoms with Gasteiger partial charge in [-0.25, -0.2) is 13.1 Å². The first-order valence-corrected chi connectivity index (χ1v) is 9.60. The first-order valence-electron chi connectivity index (χ1n) is 7.19. The van der Waals surface area contributed by atoms with Crippen molar-refractivity contribution in [2.24, 2.45) is 0 Å². The van der Waals surface area contributed by atoms with E-state index in [9.17, 15) is 8.42 Å². The van der Waals surface area contributed by atoms with Crippen molar-refractivity contribution in [3.8, 4) is 0 Å². The number of rotatable bonds is 5. The summed E-state index contributed by atoms with van der Waals surface area (Å²) < 4.78 is 27.5. The maximum Gasteiger partial charge on any atom is 0.216 e. The monoisotopic (exact) mass is 371 g/mol. The quantitative estimate of drug-likeness (QED) is 0.820. The summed E-state index contributed by atoms with van der Waals surface area (Å²) in [7, 11) is -3.49. The van der Waals surface area contributed by atoms with Gasteiger partial charge < -0.3 is 0 Å². The summed E-state index contributed by atoms with van der Waals surface area (Å²) in [6.07, 6.45) is 0. The van der Waals surface area contributed by atoms with Crippen LogP contribution in [0.3, 0.4) is 0 Å². The molecule has 3 nitrogen and oxygen atoms in total. The standard InChI is InChI=1S/C17H19Cl2NO2S/c1-11-4-6-15(12(2)8-11)13(3)20-23(21,22)10-14-5-7-16(18)17(19)9-14/h4-9,13,20H,10H2,1-3H3. The van der Waals surface area contributed by atoms with Crippen molar-refractivity contribution in [2.75, 3.05) is 0 Å². The van der Waals surface area contributed by atoms with Gasteiger partial charge in [-0.2, -0.15) is 0 Å². The van der Waals surface area contributed by atoms with Crippen LogP contribution in [0.1, 0.15) is 35.2 Å². The summed E-state index contributed by atoms with van der Waals surface area (Å²) in [4.78, 5) is 0. The third-order valence-electron chi connectivity index (χ3n) is 3.59. The molecule has 0 heterocycles. The Kier molecular flexibility index (Phi) is 5.74. The average Bonchev–Trinajstić information content (AvgIpc) is 2.41. The van der Waals surface area contributed by atoms with Crippen molar-refractivity contribution in [3.63, 3.8) is 0 Å².